The van der Waals surface area contributed by atoms with E-state index in [0.29, 0.717) is 15.6 Å². The Morgan fingerprint density at radius 1 is 1.26 bits per heavy atom. The molecule has 0 aromatic carbocycles. The molecule has 0 aliphatic heterocycles. The van der Waals surface area contributed by atoms with Gasteiger partial charge >= 0.3 is 5.69 Å². The van der Waals surface area contributed by atoms with Crippen molar-refractivity contribution in [3.8, 4) is 0 Å². The van der Waals surface area contributed by atoms with Crippen molar-refractivity contribution in [1.29, 1.82) is 0 Å². The van der Waals surface area contributed by atoms with Crippen LogP contribution >= 0.6 is 0 Å². The highest BCUT2D eigenvalue weighted by Crippen LogP contribution is 2.04. The number of unbranched alkanes of at least 4 members (excludes halogenated alkanes) is 3. The molecule has 104 valence electrons. The average molecular weight is 270 g/mol. The van der Waals surface area contributed by atoms with Gasteiger partial charge < -0.3 is 4.57 Å². The predicted octanol–water partition coefficient (Wildman–Crippen LogP) is 1.01. The van der Waals surface area contributed by atoms with E-state index in [1.54, 1.807) is 0 Å². The van der Waals surface area contributed by atoms with Gasteiger partial charge in [0, 0.05) is 28.7 Å². The number of aromatic nitrogens is 4. The molecule has 19 heavy (non-hydrogen) atoms. The van der Waals surface area contributed by atoms with Crippen LogP contribution in [0.5, 0.6) is 0 Å². The number of nitrogens with zero attached hydrogens (tertiary/aromatic N) is 4. The second-order valence-corrected chi connectivity index (χ2v) is 4.42. The minimum atomic E-state index is -2.89. The molecule has 6 heteroatoms. The summed E-state index contributed by atoms with van der Waals surface area (Å²) in [5.74, 6) is 0. The molecule has 6 nitrogen and oxygen atoms in total. The molecule has 2 aromatic rings. The molecule has 0 aliphatic rings. The largest absolute Gasteiger partial charge is 0.332 e. The van der Waals surface area contributed by atoms with Crippen LogP contribution in [0, 0.1) is 0 Å². The molecule has 2 rings (SSSR count). The van der Waals surface area contributed by atoms with Gasteiger partial charge in [0.15, 0.2) is 11.2 Å². The monoisotopic (exact) mass is 270 g/mol. The minimum absolute atomic E-state index is 0.0237. The average Bonchev–Trinajstić information content (AvgIpc) is 2.89. The second-order valence-electron chi connectivity index (χ2n) is 4.42. The molecular weight excluding hydrogens is 244 g/mol. The van der Waals surface area contributed by atoms with Gasteiger partial charge in [-0.25, -0.2) is 9.78 Å². The van der Waals surface area contributed by atoms with Crippen LogP contribution in [0.3, 0.4) is 0 Å². The number of aryl methyl sites for hydroxylation is 2. The highest BCUT2D eigenvalue weighted by molar-refractivity contribution is 5.69. The van der Waals surface area contributed by atoms with Crippen molar-refractivity contribution >= 4 is 11.2 Å². The Bertz CT molecular complexity index is 874. The SMILES string of the molecule is [2H]C([2H])([2H])n1cnc2c1c(=O)n(CCCCCC)c(=O)n2C([2H])([2H])[2H]. The van der Waals surface area contributed by atoms with Crippen LogP contribution in [-0.4, -0.2) is 18.7 Å². The van der Waals surface area contributed by atoms with Gasteiger partial charge in [0.1, 0.15) is 0 Å². The van der Waals surface area contributed by atoms with Crippen molar-refractivity contribution in [2.24, 2.45) is 14.0 Å². The molecule has 0 amide bonds. The summed E-state index contributed by atoms with van der Waals surface area (Å²) in [6.45, 7) is -3.57. The zero-order valence-electron chi connectivity index (χ0n) is 16.7. The fourth-order valence-corrected chi connectivity index (χ4v) is 2.02. The summed E-state index contributed by atoms with van der Waals surface area (Å²) in [6.07, 6.45) is 4.02. The maximum absolute atomic E-state index is 12.7. The van der Waals surface area contributed by atoms with Crippen molar-refractivity contribution < 1.29 is 8.22 Å². The Balaban J connectivity index is 2.76. The summed E-state index contributed by atoms with van der Waals surface area (Å²) in [4.78, 5) is 28.9. The lowest BCUT2D eigenvalue weighted by molar-refractivity contribution is 0.539. The minimum Gasteiger partial charge on any atom is -0.328 e. The molecule has 0 unspecified atom stereocenters. The lowest BCUT2D eigenvalue weighted by atomic mass is 10.2. The summed E-state index contributed by atoms with van der Waals surface area (Å²) in [7, 11) is 0. The molecule has 0 aliphatic carbocycles. The van der Waals surface area contributed by atoms with Crippen molar-refractivity contribution in [1.82, 2.24) is 18.7 Å². The molecule has 2 aromatic heterocycles. The topological polar surface area (TPSA) is 61.8 Å². The molecule has 0 fully saturated rings. The lowest BCUT2D eigenvalue weighted by Gasteiger charge is -2.08. The van der Waals surface area contributed by atoms with E-state index in [0.717, 1.165) is 30.2 Å². The highest BCUT2D eigenvalue weighted by atomic mass is 16.2. The maximum atomic E-state index is 12.7. The van der Waals surface area contributed by atoms with Crippen LogP contribution in [-0.2, 0) is 20.5 Å². The van der Waals surface area contributed by atoms with E-state index in [2.05, 4.69) is 4.98 Å². The van der Waals surface area contributed by atoms with Crippen LogP contribution in [0.15, 0.2) is 15.9 Å². The summed E-state index contributed by atoms with van der Waals surface area (Å²) in [6, 6.07) is 0. The Hall–Kier alpha value is -1.85. The third kappa shape index (κ3) is 2.34. The molecule has 2 heterocycles. The Morgan fingerprint density at radius 3 is 2.79 bits per heavy atom. The van der Waals surface area contributed by atoms with Gasteiger partial charge in [0.2, 0.25) is 0 Å². The fraction of sp³-hybridized carbons (Fsp3) is 0.615. The van der Waals surface area contributed by atoms with Gasteiger partial charge in [0.25, 0.3) is 5.56 Å². The number of fused-ring (bicyclic) bond motifs is 1. The van der Waals surface area contributed by atoms with E-state index in [9.17, 15) is 9.59 Å². The van der Waals surface area contributed by atoms with Gasteiger partial charge in [-0.2, -0.15) is 0 Å². The molecule has 0 atom stereocenters. The summed E-state index contributed by atoms with van der Waals surface area (Å²) in [5.41, 5.74) is -2.71. The predicted molar refractivity (Wildman–Crippen MR) is 74.4 cm³/mol. The summed E-state index contributed by atoms with van der Waals surface area (Å²) >= 11 is 0. The van der Waals surface area contributed by atoms with Crippen molar-refractivity contribution in [3.05, 3.63) is 27.2 Å². The summed E-state index contributed by atoms with van der Waals surface area (Å²) in [5, 5.41) is 0. The van der Waals surface area contributed by atoms with E-state index >= 15 is 0 Å². The molecule has 0 saturated carbocycles. The first kappa shape index (κ1) is 7.67. The molecule has 0 N–H and O–H groups in total. The van der Waals surface area contributed by atoms with Crippen LogP contribution in [0.1, 0.15) is 40.8 Å². The smallest absolute Gasteiger partial charge is 0.328 e. The van der Waals surface area contributed by atoms with Gasteiger partial charge in [-0.15, -0.1) is 0 Å². The molecule has 0 radical (unpaired) electrons. The standard InChI is InChI=1S/C13H20N4O2/c1-4-5-6-7-8-17-12(18)10-11(14-9-15(10)2)16(3)13(17)19/h9H,4-8H2,1-3H3/i2D3,3D3. The number of hydrogen-bond donors (Lipinski definition) is 0. The third-order valence-electron chi connectivity index (χ3n) is 3.07. The Labute approximate surface area is 119 Å². The van der Waals surface area contributed by atoms with Gasteiger partial charge in [-0.05, 0) is 6.42 Å². The van der Waals surface area contributed by atoms with E-state index in [-0.39, 0.29) is 6.54 Å². The zero-order valence-corrected chi connectivity index (χ0v) is 10.7. The molecule has 0 bridgehead atoms. The number of hydrogen-bond acceptors (Lipinski definition) is 3. The first-order chi connectivity index (χ1) is 11.5. The van der Waals surface area contributed by atoms with Gasteiger partial charge in [-0.1, -0.05) is 26.2 Å². The van der Waals surface area contributed by atoms with E-state index in [1.807, 2.05) is 6.92 Å². The first-order valence-electron chi connectivity index (χ1n) is 9.24. The maximum Gasteiger partial charge on any atom is 0.332 e. The highest BCUT2D eigenvalue weighted by Gasteiger charge is 2.14. The molecule has 0 spiro atoms. The van der Waals surface area contributed by atoms with Crippen LogP contribution < -0.4 is 11.2 Å². The normalized spacial score (nSPS) is 17.3. The van der Waals surface area contributed by atoms with Crippen LogP contribution in [0.2, 0.25) is 0 Å². The van der Waals surface area contributed by atoms with Crippen molar-refractivity contribution in [3.63, 3.8) is 0 Å². The third-order valence-corrected chi connectivity index (χ3v) is 3.07. The Kier molecular flexibility index (Phi) is 2.19. The van der Waals surface area contributed by atoms with Crippen LogP contribution in [0.25, 0.3) is 11.2 Å². The van der Waals surface area contributed by atoms with Gasteiger partial charge in [-0.3, -0.25) is 13.9 Å². The lowest BCUT2D eigenvalue weighted by Crippen LogP contribution is -2.39. The zero-order chi connectivity index (χ0) is 19.0. The Morgan fingerprint density at radius 2 is 2.11 bits per heavy atom. The van der Waals surface area contributed by atoms with Crippen molar-refractivity contribution in [2.45, 2.75) is 39.2 Å². The fourth-order valence-electron chi connectivity index (χ4n) is 2.02. The van der Waals surface area contributed by atoms with E-state index in [1.165, 1.54) is 0 Å². The van der Waals surface area contributed by atoms with E-state index in [4.69, 9.17) is 8.22 Å². The van der Waals surface area contributed by atoms with Crippen molar-refractivity contribution in [2.75, 3.05) is 0 Å². The van der Waals surface area contributed by atoms with Crippen LogP contribution in [0.4, 0.5) is 0 Å². The summed E-state index contributed by atoms with van der Waals surface area (Å²) < 4.78 is 47.0. The van der Waals surface area contributed by atoms with E-state index < -0.39 is 36.4 Å². The molecule has 0 saturated heterocycles. The first-order valence-corrected chi connectivity index (χ1v) is 6.24. The number of rotatable bonds is 5. The molecular formula is C13H20N4O2. The van der Waals surface area contributed by atoms with Gasteiger partial charge in [0.05, 0.1) is 6.33 Å². The quantitative estimate of drug-likeness (QED) is 0.762. The number of imidazole rings is 1. The second kappa shape index (κ2) is 5.42.